The summed E-state index contributed by atoms with van der Waals surface area (Å²) in [5.41, 5.74) is 0.467. The number of rotatable bonds is 6. The quantitative estimate of drug-likeness (QED) is 0.783. The third-order valence-corrected chi connectivity index (χ3v) is 4.96. The third-order valence-electron chi connectivity index (χ3n) is 4.67. The lowest BCUT2D eigenvalue weighted by atomic mass is 9.86. The van der Waals surface area contributed by atoms with Crippen LogP contribution in [-0.2, 0) is 11.2 Å². The van der Waals surface area contributed by atoms with Gasteiger partial charge < -0.3 is 0 Å². The van der Waals surface area contributed by atoms with Gasteiger partial charge in [0, 0.05) is 6.42 Å². The van der Waals surface area contributed by atoms with E-state index in [0.29, 0.717) is 6.42 Å². The first kappa shape index (κ1) is 16.4. The molecule has 116 valence electrons. The molecule has 1 aromatic carbocycles. The maximum absolute atomic E-state index is 13.2. The van der Waals surface area contributed by atoms with E-state index in [0.717, 1.165) is 44.3 Å². The van der Waals surface area contributed by atoms with Gasteiger partial charge in [0.1, 0.15) is 5.82 Å². The fourth-order valence-electron chi connectivity index (χ4n) is 3.56. The van der Waals surface area contributed by atoms with Gasteiger partial charge in [0.25, 0.3) is 0 Å². The molecule has 0 amide bonds. The van der Waals surface area contributed by atoms with E-state index in [4.69, 9.17) is 11.6 Å². The van der Waals surface area contributed by atoms with Crippen LogP contribution in [0.4, 0.5) is 4.39 Å². The molecule has 1 aliphatic rings. The Morgan fingerprint density at radius 3 is 2.43 bits per heavy atom. The summed E-state index contributed by atoms with van der Waals surface area (Å²) in [5.74, 6) is -0.196. The summed E-state index contributed by atoms with van der Waals surface area (Å²) >= 11 is 5.81. The van der Waals surface area contributed by atoms with Gasteiger partial charge in [0.15, 0.2) is 5.78 Å². The van der Waals surface area contributed by atoms with E-state index in [2.05, 4.69) is 18.7 Å². The normalized spacial score (nSPS) is 17.4. The molecule has 2 nitrogen and oxygen atoms in total. The lowest BCUT2D eigenvalue weighted by Gasteiger charge is -2.39. The molecular formula is C17H23ClFNO. The number of hydrogen-bond acceptors (Lipinski definition) is 2. The third kappa shape index (κ3) is 3.29. The number of halogens is 2. The summed E-state index contributed by atoms with van der Waals surface area (Å²) in [5, 5.41) is 0.0867. The van der Waals surface area contributed by atoms with Gasteiger partial charge in [-0.15, -0.1) is 0 Å². The van der Waals surface area contributed by atoms with Crippen LogP contribution in [0.15, 0.2) is 18.2 Å². The van der Waals surface area contributed by atoms with Gasteiger partial charge in [0.2, 0.25) is 0 Å². The second-order valence-electron chi connectivity index (χ2n) is 5.76. The molecule has 1 aliphatic carbocycles. The summed E-state index contributed by atoms with van der Waals surface area (Å²) < 4.78 is 13.2. The summed E-state index contributed by atoms with van der Waals surface area (Å²) in [6, 6.07) is 4.56. The summed E-state index contributed by atoms with van der Waals surface area (Å²) in [7, 11) is 0. The van der Waals surface area contributed by atoms with Crippen LogP contribution in [-0.4, -0.2) is 29.3 Å². The number of benzene rings is 1. The van der Waals surface area contributed by atoms with Crippen LogP contribution in [0.3, 0.4) is 0 Å². The van der Waals surface area contributed by atoms with E-state index in [9.17, 15) is 9.18 Å². The van der Waals surface area contributed by atoms with Gasteiger partial charge in [-0.05, 0) is 43.6 Å². The first-order valence-corrected chi connectivity index (χ1v) is 8.13. The minimum Gasteiger partial charge on any atom is -0.297 e. The molecule has 0 atom stereocenters. The highest BCUT2D eigenvalue weighted by atomic mass is 35.5. The molecule has 1 saturated carbocycles. The van der Waals surface area contributed by atoms with Crippen LogP contribution >= 0.6 is 11.6 Å². The molecule has 0 aromatic heterocycles. The fourth-order valence-corrected chi connectivity index (χ4v) is 3.76. The highest BCUT2D eigenvalue weighted by Crippen LogP contribution is 2.37. The fraction of sp³-hybridized carbons (Fsp3) is 0.588. The number of likely N-dealkylation sites (N-methyl/N-ethyl adjacent to an activating group) is 1. The highest BCUT2D eigenvalue weighted by Gasteiger charge is 2.44. The van der Waals surface area contributed by atoms with E-state index in [-0.39, 0.29) is 16.3 Å². The maximum atomic E-state index is 13.2. The van der Waals surface area contributed by atoms with Crippen molar-refractivity contribution >= 4 is 17.4 Å². The Kier molecular flexibility index (Phi) is 5.39. The van der Waals surface area contributed by atoms with Gasteiger partial charge >= 0.3 is 0 Å². The first-order valence-electron chi connectivity index (χ1n) is 7.75. The Labute approximate surface area is 131 Å². The largest absolute Gasteiger partial charge is 0.297 e. The van der Waals surface area contributed by atoms with Crippen molar-refractivity contribution in [2.45, 2.75) is 51.5 Å². The molecule has 0 saturated heterocycles. The van der Waals surface area contributed by atoms with Crippen LogP contribution < -0.4 is 0 Å². The van der Waals surface area contributed by atoms with Crippen LogP contribution in [0.25, 0.3) is 0 Å². The standard InChI is InChI=1S/C17H23ClFNO/c1-3-20(4-2)17(9-5-6-10-17)16(21)12-13-7-8-15(19)14(18)11-13/h7-8,11H,3-6,9-10,12H2,1-2H3. The lowest BCUT2D eigenvalue weighted by molar-refractivity contribution is -0.130. The average molecular weight is 312 g/mol. The van der Waals surface area contributed by atoms with Gasteiger partial charge in [-0.1, -0.05) is 44.4 Å². The van der Waals surface area contributed by atoms with E-state index in [1.54, 1.807) is 12.1 Å². The van der Waals surface area contributed by atoms with Crippen molar-refractivity contribution in [2.75, 3.05) is 13.1 Å². The number of carbonyl (C=O) groups excluding carboxylic acids is 1. The van der Waals surface area contributed by atoms with Crippen molar-refractivity contribution in [3.63, 3.8) is 0 Å². The SMILES string of the molecule is CCN(CC)C1(C(=O)Cc2ccc(F)c(Cl)c2)CCCC1. The molecule has 0 aliphatic heterocycles. The van der Waals surface area contributed by atoms with Crippen molar-refractivity contribution < 1.29 is 9.18 Å². The van der Waals surface area contributed by atoms with E-state index >= 15 is 0 Å². The van der Waals surface area contributed by atoms with Crippen LogP contribution in [0, 0.1) is 5.82 Å². The van der Waals surface area contributed by atoms with E-state index in [1.807, 2.05) is 0 Å². The van der Waals surface area contributed by atoms with E-state index in [1.165, 1.54) is 6.07 Å². The summed E-state index contributed by atoms with van der Waals surface area (Å²) in [6.07, 6.45) is 4.40. The van der Waals surface area contributed by atoms with Crippen LogP contribution in [0.5, 0.6) is 0 Å². The predicted molar refractivity (Wildman–Crippen MR) is 84.2 cm³/mol. The first-order chi connectivity index (χ1) is 10.0. The zero-order valence-corrected chi connectivity index (χ0v) is 13.5. The minimum atomic E-state index is -0.438. The summed E-state index contributed by atoms with van der Waals surface area (Å²) in [4.78, 5) is 15.2. The topological polar surface area (TPSA) is 20.3 Å². The van der Waals surface area contributed by atoms with Crippen molar-refractivity contribution in [3.05, 3.63) is 34.6 Å². The van der Waals surface area contributed by atoms with Crippen molar-refractivity contribution in [3.8, 4) is 0 Å². The Bertz CT molecular complexity index is 508. The number of carbonyl (C=O) groups is 1. The molecule has 21 heavy (non-hydrogen) atoms. The molecule has 0 spiro atoms. The van der Waals surface area contributed by atoms with Gasteiger partial charge in [-0.3, -0.25) is 9.69 Å². The monoisotopic (exact) mass is 311 g/mol. The molecule has 0 bridgehead atoms. The van der Waals surface area contributed by atoms with Crippen molar-refractivity contribution in [1.29, 1.82) is 0 Å². The highest BCUT2D eigenvalue weighted by molar-refractivity contribution is 6.30. The molecule has 1 fully saturated rings. The molecule has 0 unspecified atom stereocenters. The molecule has 1 aromatic rings. The Morgan fingerprint density at radius 2 is 1.90 bits per heavy atom. The number of ketones is 1. The number of nitrogens with zero attached hydrogens (tertiary/aromatic N) is 1. The Hall–Kier alpha value is -0.930. The average Bonchev–Trinajstić information content (AvgIpc) is 2.95. The predicted octanol–water partition coefficient (Wildman–Crippen LogP) is 4.25. The lowest BCUT2D eigenvalue weighted by Crippen LogP contribution is -2.53. The Balaban J connectivity index is 2.21. The zero-order valence-electron chi connectivity index (χ0n) is 12.8. The van der Waals surface area contributed by atoms with Crippen LogP contribution in [0.1, 0.15) is 45.1 Å². The summed E-state index contributed by atoms with van der Waals surface area (Å²) in [6.45, 7) is 5.97. The second-order valence-corrected chi connectivity index (χ2v) is 6.17. The zero-order chi connectivity index (χ0) is 15.5. The minimum absolute atomic E-state index is 0.0867. The number of hydrogen-bond donors (Lipinski definition) is 0. The molecule has 0 heterocycles. The van der Waals surface area contributed by atoms with Gasteiger partial charge in [-0.25, -0.2) is 4.39 Å². The van der Waals surface area contributed by atoms with Crippen molar-refractivity contribution in [1.82, 2.24) is 4.90 Å². The Morgan fingerprint density at radius 1 is 1.29 bits per heavy atom. The maximum Gasteiger partial charge on any atom is 0.157 e. The molecule has 0 radical (unpaired) electrons. The van der Waals surface area contributed by atoms with E-state index < -0.39 is 5.82 Å². The van der Waals surface area contributed by atoms with Crippen LogP contribution in [0.2, 0.25) is 5.02 Å². The second kappa shape index (κ2) is 6.89. The molecule has 0 N–H and O–H groups in total. The smallest absolute Gasteiger partial charge is 0.157 e. The molecule has 4 heteroatoms. The molecular weight excluding hydrogens is 289 g/mol. The van der Waals surface area contributed by atoms with Gasteiger partial charge in [-0.2, -0.15) is 0 Å². The molecule has 2 rings (SSSR count). The number of Topliss-reactive ketones (excluding diaryl/α,β-unsaturated/α-hetero) is 1. The van der Waals surface area contributed by atoms with Gasteiger partial charge in [0.05, 0.1) is 10.6 Å². The van der Waals surface area contributed by atoms with Crippen molar-refractivity contribution in [2.24, 2.45) is 0 Å².